The molecular weight excluding hydrogens is 727 g/mol. The van der Waals surface area contributed by atoms with Crippen molar-refractivity contribution >= 4 is 52.0 Å². The first-order valence-electron chi connectivity index (χ1n) is 17.4. The molecule has 0 saturated carbocycles. The predicted octanol–water partition coefficient (Wildman–Crippen LogP) is 7.43. The number of hydrogen-bond acceptors (Lipinski definition) is 9. The second-order valence-corrected chi connectivity index (χ2v) is 14.2. The molecule has 1 N–H and O–H groups in total. The van der Waals surface area contributed by atoms with Crippen LogP contribution in [0.4, 0.5) is 20.3 Å². The summed E-state index contributed by atoms with van der Waals surface area (Å²) in [7, 11) is 4.25. The summed E-state index contributed by atoms with van der Waals surface area (Å²) in [6, 6.07) is 12.9. The molecule has 0 amide bonds. The Balaban J connectivity index is 1.23. The minimum absolute atomic E-state index is 0.154. The van der Waals surface area contributed by atoms with Crippen molar-refractivity contribution < 1.29 is 18.3 Å². The maximum Gasteiger partial charge on any atom is 0.332 e. The number of aryl methyl sites for hydroxylation is 2. The topological polar surface area (TPSA) is 124 Å². The normalized spacial score (nSPS) is 17.1. The van der Waals surface area contributed by atoms with Crippen LogP contribution in [0.15, 0.2) is 52.1 Å². The van der Waals surface area contributed by atoms with E-state index in [9.17, 15) is 23.2 Å². The number of alkyl halides is 2. The number of anilines is 2. The summed E-state index contributed by atoms with van der Waals surface area (Å²) >= 11 is 14.1. The van der Waals surface area contributed by atoms with Gasteiger partial charge in [-0.25, -0.2) is 28.5 Å². The van der Waals surface area contributed by atoms with Gasteiger partial charge in [0.25, 0.3) is 12.0 Å². The van der Waals surface area contributed by atoms with E-state index in [0.29, 0.717) is 45.6 Å². The van der Waals surface area contributed by atoms with E-state index in [-0.39, 0.29) is 33.6 Å². The number of hydrogen-bond donors (Lipinski definition) is 1. The zero-order valence-corrected chi connectivity index (χ0v) is 30.8. The van der Waals surface area contributed by atoms with Crippen LogP contribution < -0.4 is 21.3 Å². The van der Waals surface area contributed by atoms with Gasteiger partial charge in [-0.2, -0.15) is 0 Å². The minimum atomic E-state index is -3.07. The van der Waals surface area contributed by atoms with E-state index in [1.54, 1.807) is 25.3 Å². The van der Waals surface area contributed by atoms with Crippen molar-refractivity contribution in [1.29, 1.82) is 0 Å². The Kier molecular flexibility index (Phi) is 10.3. The van der Waals surface area contributed by atoms with Crippen molar-refractivity contribution in [3.63, 3.8) is 0 Å². The third kappa shape index (κ3) is 6.70. The summed E-state index contributed by atoms with van der Waals surface area (Å²) in [5.41, 5.74) is 3.26. The van der Waals surface area contributed by atoms with Gasteiger partial charge in [-0.1, -0.05) is 53.5 Å². The number of methoxy groups -OCH3 is 1. The van der Waals surface area contributed by atoms with E-state index in [1.807, 2.05) is 18.2 Å². The zero-order valence-electron chi connectivity index (χ0n) is 29.3. The van der Waals surface area contributed by atoms with E-state index < -0.39 is 23.5 Å². The van der Waals surface area contributed by atoms with Gasteiger partial charge in [-0.3, -0.25) is 18.8 Å². The smallest absolute Gasteiger partial charge is 0.332 e. The molecule has 1 aliphatic carbocycles. The molecule has 4 heterocycles. The summed E-state index contributed by atoms with van der Waals surface area (Å²) in [5, 5.41) is 3.38. The SMILES string of the molecule is COc1nc(-c2cccc(-c3cccc(Nc4nc(C(F)F)nc5c4c(=O)n(C)c(=O)n5C)c3Cl)c2Cl)cc2c1[C@@H](N1CCC(CCCC=O)C1)CC2. The number of ether oxygens (including phenoxy) is 1. The third-order valence-electron chi connectivity index (χ3n) is 10.3. The van der Waals surface area contributed by atoms with Crippen LogP contribution in [-0.4, -0.2) is 55.5 Å². The second-order valence-electron chi connectivity index (χ2n) is 13.5. The van der Waals surface area contributed by atoms with Crippen LogP contribution in [0.1, 0.15) is 61.5 Å². The third-order valence-corrected chi connectivity index (χ3v) is 11.2. The molecular formula is C38H37Cl2F2N7O4. The molecule has 0 bridgehead atoms. The number of nitrogens with one attached hydrogen (secondary N) is 1. The summed E-state index contributed by atoms with van der Waals surface area (Å²) in [5.74, 6) is 0.0670. The molecule has 53 heavy (non-hydrogen) atoms. The van der Waals surface area contributed by atoms with Crippen molar-refractivity contribution in [2.75, 3.05) is 25.5 Å². The summed E-state index contributed by atoms with van der Waals surface area (Å²) in [6.07, 6.45) is 3.47. The fraction of sp³-hybridized carbons (Fsp3) is 0.368. The van der Waals surface area contributed by atoms with Crippen LogP contribution in [0.25, 0.3) is 33.4 Å². The average molecular weight is 765 g/mol. The number of carbonyl (C=O) groups is 1. The number of carbonyl (C=O) groups excluding carboxylic acids is 1. The van der Waals surface area contributed by atoms with Crippen LogP contribution in [0.2, 0.25) is 10.0 Å². The predicted molar refractivity (Wildman–Crippen MR) is 201 cm³/mol. The van der Waals surface area contributed by atoms with E-state index in [2.05, 4.69) is 26.3 Å². The molecule has 3 aromatic heterocycles. The monoisotopic (exact) mass is 763 g/mol. The molecule has 5 aromatic rings. The number of likely N-dealkylation sites (tertiary alicyclic amines) is 1. The van der Waals surface area contributed by atoms with Crippen LogP contribution >= 0.6 is 23.2 Å². The first kappa shape index (κ1) is 36.6. The Labute approximate surface area is 313 Å². The molecule has 11 nitrogen and oxygen atoms in total. The largest absolute Gasteiger partial charge is 0.481 e. The summed E-state index contributed by atoms with van der Waals surface area (Å²) < 4.78 is 35.6. The maximum atomic E-state index is 13.9. The maximum absolute atomic E-state index is 13.9. The van der Waals surface area contributed by atoms with Crippen molar-refractivity contribution in [1.82, 2.24) is 29.0 Å². The molecule has 1 unspecified atom stereocenters. The summed E-state index contributed by atoms with van der Waals surface area (Å²) in [6.45, 7) is 1.99. The molecule has 2 aliphatic rings. The highest BCUT2D eigenvalue weighted by Crippen LogP contribution is 2.46. The quantitative estimate of drug-likeness (QED) is 0.108. The number of unbranched alkanes of at least 4 members (excludes halogenated alkanes) is 1. The number of pyridine rings is 1. The Morgan fingerprint density at radius 2 is 1.74 bits per heavy atom. The van der Waals surface area contributed by atoms with Gasteiger partial charge in [0.1, 0.15) is 17.5 Å². The van der Waals surface area contributed by atoms with Gasteiger partial charge in [0.2, 0.25) is 5.88 Å². The molecule has 15 heteroatoms. The molecule has 0 radical (unpaired) electrons. The number of aldehydes is 1. The van der Waals surface area contributed by atoms with E-state index in [0.717, 1.165) is 71.7 Å². The van der Waals surface area contributed by atoms with Gasteiger partial charge in [-0.15, -0.1) is 0 Å². The molecule has 1 saturated heterocycles. The van der Waals surface area contributed by atoms with Gasteiger partial charge in [0.05, 0.1) is 28.5 Å². The number of nitrogens with zero attached hydrogens (tertiary/aromatic N) is 6. The Bertz CT molecular complexity index is 2370. The Morgan fingerprint density at radius 1 is 1.00 bits per heavy atom. The highest BCUT2D eigenvalue weighted by molar-refractivity contribution is 6.39. The number of rotatable bonds is 11. The molecule has 1 fully saturated rings. The number of aromatic nitrogens is 5. The standard InChI is InChI=1S/C38H37Cl2F2N7O4/c1-47-35-29(37(51)48(2)38(47)52)33(45-34(46-35)32(41)42)43-25-12-7-10-23(31(25)40)22-9-6-11-24(30(22)39)26-18-21-13-14-27(28(21)36(44-26)53-3)49-16-15-20(19-49)8-4-5-17-50/h6-7,9-12,17-18,20,27,32H,4-5,8,13-16,19H2,1-3H3,(H,43,45,46)/t20?,27-/m0/s1. The van der Waals surface area contributed by atoms with E-state index >= 15 is 0 Å². The molecule has 2 aromatic carbocycles. The lowest BCUT2D eigenvalue weighted by atomic mass is 9.99. The zero-order chi connectivity index (χ0) is 37.6. The van der Waals surface area contributed by atoms with Crippen LogP contribution in [0.3, 0.4) is 0 Å². The average Bonchev–Trinajstić information content (AvgIpc) is 3.81. The van der Waals surface area contributed by atoms with Gasteiger partial charge in [-0.05, 0) is 62.3 Å². The second kappa shape index (κ2) is 15.0. The van der Waals surface area contributed by atoms with Gasteiger partial charge in [0.15, 0.2) is 11.5 Å². The lowest BCUT2D eigenvalue weighted by Gasteiger charge is -2.26. The van der Waals surface area contributed by atoms with Gasteiger partial charge >= 0.3 is 5.69 Å². The fourth-order valence-electron chi connectivity index (χ4n) is 7.68. The Morgan fingerprint density at radius 3 is 2.47 bits per heavy atom. The van der Waals surface area contributed by atoms with E-state index in [4.69, 9.17) is 32.9 Å². The lowest BCUT2D eigenvalue weighted by Crippen LogP contribution is -2.38. The van der Waals surface area contributed by atoms with Gasteiger partial charge in [0, 0.05) is 55.4 Å². The molecule has 0 spiro atoms. The van der Waals surface area contributed by atoms with Crippen LogP contribution in [0, 0.1) is 5.92 Å². The van der Waals surface area contributed by atoms with Crippen molar-refractivity contribution in [2.45, 2.75) is 51.0 Å². The fourth-order valence-corrected chi connectivity index (χ4v) is 8.28. The van der Waals surface area contributed by atoms with Crippen molar-refractivity contribution in [3.05, 3.63) is 90.3 Å². The highest BCUT2D eigenvalue weighted by Gasteiger charge is 2.36. The van der Waals surface area contributed by atoms with Crippen molar-refractivity contribution in [3.8, 4) is 28.3 Å². The van der Waals surface area contributed by atoms with Crippen LogP contribution in [0.5, 0.6) is 5.88 Å². The number of fused-ring (bicyclic) bond motifs is 2. The van der Waals surface area contributed by atoms with Crippen LogP contribution in [-0.2, 0) is 25.3 Å². The first-order chi connectivity index (χ1) is 25.5. The first-order valence-corrected chi connectivity index (χ1v) is 18.1. The Hall–Kier alpha value is -4.72. The number of benzene rings is 2. The highest BCUT2D eigenvalue weighted by atomic mass is 35.5. The lowest BCUT2D eigenvalue weighted by molar-refractivity contribution is -0.108. The minimum Gasteiger partial charge on any atom is -0.481 e. The number of halogens is 4. The molecule has 7 rings (SSSR count). The summed E-state index contributed by atoms with van der Waals surface area (Å²) in [4.78, 5) is 51.8. The molecule has 2 atom stereocenters. The molecule has 276 valence electrons. The van der Waals surface area contributed by atoms with Gasteiger partial charge < -0.3 is 14.8 Å². The van der Waals surface area contributed by atoms with E-state index in [1.165, 1.54) is 14.1 Å². The molecule has 1 aliphatic heterocycles. The van der Waals surface area contributed by atoms with Crippen molar-refractivity contribution in [2.24, 2.45) is 20.0 Å².